The molecule has 0 spiro atoms. The lowest BCUT2D eigenvalue weighted by Crippen LogP contribution is -2.41. The molecule has 2 rings (SSSR count). The summed E-state index contributed by atoms with van der Waals surface area (Å²) in [6, 6.07) is 0.000733. The van der Waals surface area contributed by atoms with E-state index in [0.29, 0.717) is 30.8 Å². The lowest BCUT2D eigenvalue weighted by molar-refractivity contribution is 0.488. The third-order valence-electron chi connectivity index (χ3n) is 4.13. The van der Waals surface area contributed by atoms with Crippen molar-refractivity contribution < 1.29 is 0 Å². The summed E-state index contributed by atoms with van der Waals surface area (Å²) >= 11 is 0. The average molecular weight is 307 g/mol. The van der Waals surface area contributed by atoms with E-state index in [2.05, 4.69) is 4.98 Å². The van der Waals surface area contributed by atoms with Crippen molar-refractivity contribution in [2.75, 3.05) is 6.54 Å². The zero-order chi connectivity index (χ0) is 16.3. The van der Waals surface area contributed by atoms with Crippen LogP contribution in [-0.2, 0) is 13.1 Å². The van der Waals surface area contributed by atoms with Gasteiger partial charge in [-0.2, -0.15) is 0 Å². The Morgan fingerprint density at radius 1 is 1.27 bits per heavy atom. The summed E-state index contributed by atoms with van der Waals surface area (Å²) in [5.74, 6) is 0. The molecule has 0 bridgehead atoms. The predicted molar refractivity (Wildman–Crippen MR) is 87.2 cm³/mol. The number of hydrogen-bond acceptors (Lipinski definition) is 4. The van der Waals surface area contributed by atoms with Gasteiger partial charge in [0.15, 0.2) is 11.2 Å². The van der Waals surface area contributed by atoms with Gasteiger partial charge in [-0.1, -0.05) is 6.92 Å². The highest BCUT2D eigenvalue weighted by Gasteiger charge is 2.19. The van der Waals surface area contributed by atoms with Crippen LogP contribution in [0.4, 0.5) is 0 Å². The number of nitrogens with two attached hydrogens (primary N) is 1. The fourth-order valence-corrected chi connectivity index (χ4v) is 2.66. The number of fused-ring (bicyclic) bond motifs is 1. The first-order valence-corrected chi connectivity index (χ1v) is 7.97. The Bertz CT molecular complexity index is 756. The van der Waals surface area contributed by atoms with E-state index < -0.39 is 0 Å². The van der Waals surface area contributed by atoms with Gasteiger partial charge in [-0.05, 0) is 39.7 Å². The molecule has 0 saturated carbocycles. The molecule has 1 atom stereocenters. The van der Waals surface area contributed by atoms with Gasteiger partial charge >= 0.3 is 5.69 Å². The third kappa shape index (κ3) is 2.72. The molecule has 0 aliphatic rings. The van der Waals surface area contributed by atoms with Crippen LogP contribution in [0.5, 0.6) is 0 Å². The summed E-state index contributed by atoms with van der Waals surface area (Å²) < 4.78 is 4.77. The van der Waals surface area contributed by atoms with Gasteiger partial charge in [0.1, 0.15) is 0 Å². The van der Waals surface area contributed by atoms with Crippen LogP contribution in [0.2, 0.25) is 0 Å². The standard InChI is InChI=1S/C15H25N5O2/c1-4-11(3)20-13-12(14(21)19(5-2)15(20)22)18(10-17-13)9-7-6-8-16/h10-11H,4-9,16H2,1-3H3. The molecular weight excluding hydrogens is 282 g/mol. The van der Waals surface area contributed by atoms with E-state index in [1.54, 1.807) is 10.9 Å². The Balaban J connectivity index is 2.70. The van der Waals surface area contributed by atoms with Gasteiger partial charge in [0.25, 0.3) is 5.56 Å². The van der Waals surface area contributed by atoms with Gasteiger partial charge in [0.05, 0.1) is 6.33 Å². The minimum absolute atomic E-state index is 0.000733. The molecule has 2 aromatic heterocycles. The molecule has 0 saturated heterocycles. The van der Waals surface area contributed by atoms with Crippen LogP contribution in [-0.4, -0.2) is 25.2 Å². The molecule has 0 aliphatic carbocycles. The molecule has 7 heteroatoms. The molecule has 0 aromatic carbocycles. The molecule has 122 valence electrons. The van der Waals surface area contributed by atoms with Crippen molar-refractivity contribution in [3.8, 4) is 0 Å². The Morgan fingerprint density at radius 3 is 2.59 bits per heavy atom. The number of hydrogen-bond donors (Lipinski definition) is 1. The second-order valence-electron chi connectivity index (χ2n) is 5.57. The summed E-state index contributed by atoms with van der Waals surface area (Å²) in [6.45, 7) is 7.47. The van der Waals surface area contributed by atoms with Crippen LogP contribution in [0.15, 0.2) is 15.9 Å². The monoisotopic (exact) mass is 307 g/mol. The fraction of sp³-hybridized carbons (Fsp3) is 0.667. The molecule has 0 radical (unpaired) electrons. The van der Waals surface area contributed by atoms with Crippen molar-refractivity contribution in [2.45, 2.75) is 59.2 Å². The largest absolute Gasteiger partial charge is 0.332 e. The summed E-state index contributed by atoms with van der Waals surface area (Å²) in [5, 5.41) is 0. The molecule has 0 fully saturated rings. The summed E-state index contributed by atoms with van der Waals surface area (Å²) in [7, 11) is 0. The lowest BCUT2D eigenvalue weighted by Gasteiger charge is -2.16. The van der Waals surface area contributed by atoms with Crippen molar-refractivity contribution in [3.63, 3.8) is 0 Å². The van der Waals surface area contributed by atoms with Crippen molar-refractivity contribution >= 4 is 11.2 Å². The van der Waals surface area contributed by atoms with Crippen molar-refractivity contribution in [2.24, 2.45) is 5.73 Å². The average Bonchev–Trinajstić information content (AvgIpc) is 2.91. The zero-order valence-electron chi connectivity index (χ0n) is 13.6. The summed E-state index contributed by atoms with van der Waals surface area (Å²) in [6.07, 6.45) is 4.24. The molecule has 0 amide bonds. The van der Waals surface area contributed by atoms with Crippen LogP contribution >= 0.6 is 0 Å². The van der Waals surface area contributed by atoms with Crippen LogP contribution in [0, 0.1) is 0 Å². The van der Waals surface area contributed by atoms with Gasteiger partial charge in [0, 0.05) is 19.1 Å². The number of aryl methyl sites for hydroxylation is 1. The third-order valence-corrected chi connectivity index (χ3v) is 4.13. The van der Waals surface area contributed by atoms with E-state index in [1.807, 2.05) is 25.3 Å². The normalized spacial score (nSPS) is 12.9. The molecule has 22 heavy (non-hydrogen) atoms. The van der Waals surface area contributed by atoms with Crippen LogP contribution in [0.1, 0.15) is 46.1 Å². The van der Waals surface area contributed by atoms with Crippen molar-refractivity contribution in [3.05, 3.63) is 27.2 Å². The van der Waals surface area contributed by atoms with Crippen molar-refractivity contribution in [1.82, 2.24) is 18.7 Å². The van der Waals surface area contributed by atoms with E-state index in [9.17, 15) is 9.59 Å². The number of unbranched alkanes of at least 4 members (excludes halogenated alkanes) is 1. The van der Waals surface area contributed by atoms with E-state index >= 15 is 0 Å². The highest BCUT2D eigenvalue weighted by Crippen LogP contribution is 2.14. The maximum atomic E-state index is 12.6. The van der Waals surface area contributed by atoms with Crippen LogP contribution in [0.3, 0.4) is 0 Å². The minimum Gasteiger partial charge on any atom is -0.330 e. The maximum absolute atomic E-state index is 12.6. The van der Waals surface area contributed by atoms with Crippen LogP contribution in [0.25, 0.3) is 11.2 Å². The molecule has 2 N–H and O–H groups in total. The zero-order valence-corrected chi connectivity index (χ0v) is 13.6. The first kappa shape index (κ1) is 16.5. The SMILES string of the molecule is CCC(C)n1c(=O)n(CC)c(=O)c2c1ncn2CCCCN. The first-order chi connectivity index (χ1) is 10.6. The number of nitrogens with zero attached hydrogens (tertiary/aromatic N) is 4. The maximum Gasteiger partial charge on any atom is 0.332 e. The molecule has 1 unspecified atom stereocenters. The summed E-state index contributed by atoms with van der Waals surface area (Å²) in [5.41, 5.74) is 5.99. The molecule has 0 aliphatic heterocycles. The number of rotatable bonds is 7. The number of imidazole rings is 1. The van der Waals surface area contributed by atoms with Gasteiger partial charge in [-0.15, -0.1) is 0 Å². The highest BCUT2D eigenvalue weighted by atomic mass is 16.2. The van der Waals surface area contributed by atoms with Gasteiger partial charge < -0.3 is 10.3 Å². The lowest BCUT2D eigenvalue weighted by atomic mass is 10.2. The molecular formula is C15H25N5O2. The van der Waals surface area contributed by atoms with E-state index in [1.165, 1.54) is 4.57 Å². The Morgan fingerprint density at radius 2 is 2.00 bits per heavy atom. The smallest absolute Gasteiger partial charge is 0.330 e. The predicted octanol–water partition coefficient (Wildman–Crippen LogP) is 1.09. The molecule has 7 nitrogen and oxygen atoms in total. The quantitative estimate of drug-likeness (QED) is 0.776. The van der Waals surface area contributed by atoms with E-state index in [-0.39, 0.29) is 17.3 Å². The van der Waals surface area contributed by atoms with Crippen molar-refractivity contribution in [1.29, 1.82) is 0 Å². The van der Waals surface area contributed by atoms with Gasteiger partial charge in [-0.3, -0.25) is 13.9 Å². The topological polar surface area (TPSA) is 87.8 Å². The summed E-state index contributed by atoms with van der Waals surface area (Å²) in [4.78, 5) is 29.5. The Kier molecular flexibility index (Phi) is 5.18. The second kappa shape index (κ2) is 6.91. The van der Waals surface area contributed by atoms with E-state index in [4.69, 9.17) is 5.73 Å². The second-order valence-corrected chi connectivity index (χ2v) is 5.57. The van der Waals surface area contributed by atoms with Gasteiger partial charge in [0.2, 0.25) is 0 Å². The fourth-order valence-electron chi connectivity index (χ4n) is 2.66. The molecule has 2 aromatic rings. The molecule has 2 heterocycles. The van der Waals surface area contributed by atoms with Gasteiger partial charge in [-0.25, -0.2) is 9.78 Å². The number of aromatic nitrogens is 4. The Labute approximate surface area is 129 Å². The van der Waals surface area contributed by atoms with Crippen LogP contribution < -0.4 is 17.0 Å². The first-order valence-electron chi connectivity index (χ1n) is 7.97. The van der Waals surface area contributed by atoms with E-state index in [0.717, 1.165) is 19.3 Å². The minimum atomic E-state index is -0.276. The Hall–Kier alpha value is -1.89. The highest BCUT2D eigenvalue weighted by molar-refractivity contribution is 5.70.